The predicted molar refractivity (Wildman–Crippen MR) is 68.0 cm³/mol. The maximum absolute atomic E-state index is 5.31. The molecule has 1 aliphatic heterocycles. The molecule has 1 atom stereocenters. The van der Waals surface area contributed by atoms with E-state index in [1.165, 1.54) is 38.6 Å². The monoisotopic (exact) mass is 242 g/mol. The molecule has 100 valence electrons. The lowest BCUT2D eigenvalue weighted by Gasteiger charge is -2.32. The van der Waals surface area contributed by atoms with Gasteiger partial charge in [0.15, 0.2) is 6.29 Å². The highest BCUT2D eigenvalue weighted by atomic mass is 16.7. The molecule has 4 heteroatoms. The van der Waals surface area contributed by atoms with Gasteiger partial charge in [-0.15, -0.1) is 0 Å². The minimum absolute atomic E-state index is 0.0841. The number of nitrogens with one attached hydrogen (secondary N) is 1. The lowest BCUT2D eigenvalue weighted by Crippen LogP contribution is -2.47. The van der Waals surface area contributed by atoms with Gasteiger partial charge >= 0.3 is 0 Å². The van der Waals surface area contributed by atoms with Crippen LogP contribution < -0.4 is 5.32 Å². The lowest BCUT2D eigenvalue weighted by atomic mass is 10.0. The minimum Gasteiger partial charge on any atom is -0.355 e. The molecule has 2 fully saturated rings. The third-order valence-corrected chi connectivity index (χ3v) is 3.84. The van der Waals surface area contributed by atoms with Crippen molar-refractivity contribution in [2.24, 2.45) is 0 Å². The molecule has 0 radical (unpaired) electrons. The van der Waals surface area contributed by atoms with Crippen molar-refractivity contribution in [1.82, 2.24) is 10.2 Å². The first-order valence-electron chi connectivity index (χ1n) is 6.86. The van der Waals surface area contributed by atoms with Crippen LogP contribution >= 0.6 is 0 Å². The topological polar surface area (TPSA) is 33.7 Å². The van der Waals surface area contributed by atoms with Crippen LogP contribution in [0, 0.1) is 0 Å². The average Bonchev–Trinajstić information content (AvgIpc) is 3.20. The summed E-state index contributed by atoms with van der Waals surface area (Å²) in [6, 6.07) is 1.44. The highest BCUT2D eigenvalue weighted by Gasteiger charge is 2.32. The van der Waals surface area contributed by atoms with Crippen molar-refractivity contribution < 1.29 is 9.47 Å². The Hall–Kier alpha value is -0.160. The summed E-state index contributed by atoms with van der Waals surface area (Å²) in [5, 5.41) is 3.62. The largest absolute Gasteiger partial charge is 0.355 e. The standard InChI is InChI=1S/C13H26N2O2/c1-16-13(17-2)10-15(12-6-7-12)9-11-5-3-4-8-14-11/h11-14H,3-10H2,1-2H3. The maximum atomic E-state index is 5.31. The van der Waals surface area contributed by atoms with E-state index in [4.69, 9.17) is 9.47 Å². The molecule has 0 aromatic heterocycles. The van der Waals surface area contributed by atoms with Crippen molar-refractivity contribution in [3.8, 4) is 0 Å². The number of piperidine rings is 1. The molecule has 1 saturated heterocycles. The first-order chi connectivity index (χ1) is 8.33. The summed E-state index contributed by atoms with van der Waals surface area (Å²) in [6.07, 6.45) is 6.61. The van der Waals surface area contributed by atoms with Crippen molar-refractivity contribution in [1.29, 1.82) is 0 Å². The van der Waals surface area contributed by atoms with Gasteiger partial charge in [-0.2, -0.15) is 0 Å². The molecule has 1 aliphatic carbocycles. The van der Waals surface area contributed by atoms with Crippen LogP contribution in [-0.2, 0) is 9.47 Å². The van der Waals surface area contributed by atoms with Crippen molar-refractivity contribution in [3.63, 3.8) is 0 Å². The second-order valence-corrected chi connectivity index (χ2v) is 5.23. The molecule has 1 N–H and O–H groups in total. The van der Waals surface area contributed by atoms with Gasteiger partial charge in [0.2, 0.25) is 0 Å². The van der Waals surface area contributed by atoms with Crippen molar-refractivity contribution in [2.75, 3.05) is 33.9 Å². The summed E-state index contributed by atoms with van der Waals surface area (Å²) in [7, 11) is 3.44. The van der Waals surface area contributed by atoms with E-state index in [1.807, 2.05) is 0 Å². The first-order valence-corrected chi connectivity index (χ1v) is 6.86. The van der Waals surface area contributed by atoms with Gasteiger partial charge in [-0.25, -0.2) is 0 Å². The third-order valence-electron chi connectivity index (χ3n) is 3.84. The van der Waals surface area contributed by atoms with Gasteiger partial charge in [0, 0.05) is 39.4 Å². The number of nitrogens with zero attached hydrogens (tertiary/aromatic N) is 1. The number of hydrogen-bond acceptors (Lipinski definition) is 4. The molecule has 4 nitrogen and oxygen atoms in total. The van der Waals surface area contributed by atoms with Gasteiger partial charge in [-0.05, 0) is 32.2 Å². The molecule has 1 saturated carbocycles. The summed E-state index contributed by atoms with van der Waals surface area (Å²) in [4.78, 5) is 2.54. The summed E-state index contributed by atoms with van der Waals surface area (Å²) in [5.74, 6) is 0. The van der Waals surface area contributed by atoms with Gasteiger partial charge in [-0.1, -0.05) is 6.42 Å². The van der Waals surface area contributed by atoms with Crippen LogP contribution in [0.1, 0.15) is 32.1 Å². The first kappa shape index (κ1) is 13.3. The van der Waals surface area contributed by atoms with Crippen LogP contribution in [0.15, 0.2) is 0 Å². The quantitative estimate of drug-likeness (QED) is 0.681. The number of rotatable bonds is 7. The fourth-order valence-corrected chi connectivity index (χ4v) is 2.61. The average molecular weight is 242 g/mol. The second kappa shape index (κ2) is 6.69. The molecule has 0 aromatic carbocycles. The van der Waals surface area contributed by atoms with Crippen molar-refractivity contribution >= 4 is 0 Å². The highest BCUT2D eigenvalue weighted by molar-refractivity contribution is 4.88. The Morgan fingerprint density at radius 1 is 1.18 bits per heavy atom. The van der Waals surface area contributed by atoms with Gasteiger partial charge < -0.3 is 14.8 Å². The summed E-state index contributed by atoms with van der Waals surface area (Å²) in [5.41, 5.74) is 0. The van der Waals surface area contributed by atoms with E-state index < -0.39 is 0 Å². The summed E-state index contributed by atoms with van der Waals surface area (Å²) >= 11 is 0. The van der Waals surface area contributed by atoms with E-state index >= 15 is 0 Å². The van der Waals surface area contributed by atoms with Crippen molar-refractivity contribution in [3.05, 3.63) is 0 Å². The fourth-order valence-electron chi connectivity index (χ4n) is 2.61. The molecule has 1 unspecified atom stereocenters. The Morgan fingerprint density at radius 3 is 2.47 bits per heavy atom. The Kier molecular flexibility index (Phi) is 5.22. The zero-order valence-electron chi connectivity index (χ0n) is 11.2. The van der Waals surface area contributed by atoms with Crippen molar-refractivity contribution in [2.45, 2.75) is 50.5 Å². The molecule has 1 heterocycles. The smallest absolute Gasteiger partial charge is 0.169 e. The minimum atomic E-state index is -0.0841. The molecule has 0 aromatic rings. The molecule has 2 rings (SSSR count). The van der Waals surface area contributed by atoms with Crippen LogP contribution in [0.3, 0.4) is 0 Å². The third kappa shape index (κ3) is 4.21. The predicted octanol–water partition coefficient (Wildman–Crippen LogP) is 1.21. The Labute approximate surface area is 105 Å². The lowest BCUT2D eigenvalue weighted by molar-refractivity contribution is -0.118. The van der Waals surface area contributed by atoms with E-state index in [0.29, 0.717) is 6.04 Å². The van der Waals surface area contributed by atoms with Gasteiger partial charge in [-0.3, -0.25) is 4.90 Å². The van der Waals surface area contributed by atoms with E-state index in [9.17, 15) is 0 Å². The van der Waals surface area contributed by atoms with Crippen LogP contribution in [0.25, 0.3) is 0 Å². The van der Waals surface area contributed by atoms with Crippen LogP contribution in [0.2, 0.25) is 0 Å². The molecule has 0 spiro atoms. The zero-order chi connectivity index (χ0) is 12.1. The van der Waals surface area contributed by atoms with E-state index in [1.54, 1.807) is 14.2 Å². The normalized spacial score (nSPS) is 25.8. The highest BCUT2D eigenvalue weighted by Crippen LogP contribution is 2.28. The SMILES string of the molecule is COC(CN(CC1CCCCN1)C1CC1)OC. The van der Waals surface area contributed by atoms with E-state index in [-0.39, 0.29) is 6.29 Å². The van der Waals surface area contributed by atoms with E-state index in [0.717, 1.165) is 19.1 Å². The zero-order valence-corrected chi connectivity index (χ0v) is 11.2. The molecule has 0 bridgehead atoms. The van der Waals surface area contributed by atoms with Crippen LogP contribution in [-0.4, -0.2) is 57.1 Å². The molecular formula is C13H26N2O2. The summed E-state index contributed by atoms with van der Waals surface area (Å²) in [6.45, 7) is 3.23. The Bertz CT molecular complexity index is 211. The molecule has 2 aliphatic rings. The van der Waals surface area contributed by atoms with Gasteiger partial charge in [0.05, 0.1) is 0 Å². The van der Waals surface area contributed by atoms with E-state index in [2.05, 4.69) is 10.2 Å². The number of hydrogen-bond donors (Lipinski definition) is 1. The van der Waals surface area contributed by atoms with Gasteiger partial charge in [0.25, 0.3) is 0 Å². The van der Waals surface area contributed by atoms with Crippen LogP contribution in [0.4, 0.5) is 0 Å². The fraction of sp³-hybridized carbons (Fsp3) is 1.00. The number of ether oxygens (including phenoxy) is 2. The number of methoxy groups -OCH3 is 2. The molecular weight excluding hydrogens is 216 g/mol. The second-order valence-electron chi connectivity index (χ2n) is 5.23. The molecule has 17 heavy (non-hydrogen) atoms. The molecule has 0 amide bonds. The van der Waals surface area contributed by atoms with Gasteiger partial charge in [0.1, 0.15) is 0 Å². The Morgan fingerprint density at radius 2 is 1.94 bits per heavy atom. The summed E-state index contributed by atoms with van der Waals surface area (Å²) < 4.78 is 10.6. The maximum Gasteiger partial charge on any atom is 0.169 e. The van der Waals surface area contributed by atoms with Crippen LogP contribution in [0.5, 0.6) is 0 Å². The Balaban J connectivity index is 1.79.